The van der Waals surface area contributed by atoms with E-state index in [2.05, 4.69) is 51.7 Å². The Kier molecular flexibility index (Phi) is 7.25. The fourth-order valence-electron chi connectivity index (χ4n) is 3.33. The first kappa shape index (κ1) is 20.1. The lowest BCUT2D eigenvalue weighted by Gasteiger charge is -2.32. The van der Waals surface area contributed by atoms with Crippen LogP contribution < -0.4 is 15.5 Å². The van der Waals surface area contributed by atoms with Crippen LogP contribution in [0.15, 0.2) is 42.6 Å². The fourth-order valence-corrected chi connectivity index (χ4v) is 3.33. The van der Waals surface area contributed by atoms with Gasteiger partial charge in [-0.05, 0) is 61.6 Å². The van der Waals surface area contributed by atoms with Gasteiger partial charge in [-0.1, -0.05) is 6.92 Å². The first-order valence-corrected chi connectivity index (χ1v) is 10.0. The number of hydrogen-bond acceptors (Lipinski definition) is 5. The molecule has 1 saturated heterocycles. The van der Waals surface area contributed by atoms with Crippen molar-refractivity contribution in [1.29, 1.82) is 0 Å². The largest absolute Gasteiger partial charge is 0.385 e. The monoisotopic (exact) mass is 382 g/mol. The summed E-state index contributed by atoms with van der Waals surface area (Å²) in [5, 5.41) is 6.17. The lowest BCUT2D eigenvalue weighted by atomic mass is 9.99. The first-order chi connectivity index (χ1) is 13.7. The van der Waals surface area contributed by atoms with Crippen molar-refractivity contribution in [2.45, 2.75) is 26.2 Å². The van der Waals surface area contributed by atoms with E-state index in [1.165, 1.54) is 18.5 Å². The molecule has 0 saturated carbocycles. The Morgan fingerprint density at radius 2 is 1.96 bits per heavy atom. The van der Waals surface area contributed by atoms with Gasteiger partial charge >= 0.3 is 0 Å². The highest BCUT2D eigenvalue weighted by molar-refractivity contribution is 5.94. The third kappa shape index (κ3) is 5.70. The fraction of sp³-hybridized carbons (Fsp3) is 0.455. The predicted octanol–water partition coefficient (Wildman–Crippen LogP) is 3.83. The van der Waals surface area contributed by atoms with Gasteiger partial charge in [0.05, 0.1) is 0 Å². The predicted molar refractivity (Wildman–Crippen MR) is 113 cm³/mol. The second kappa shape index (κ2) is 10.1. The van der Waals surface area contributed by atoms with E-state index in [4.69, 9.17) is 4.74 Å². The average Bonchev–Trinajstić information content (AvgIpc) is 2.72. The van der Waals surface area contributed by atoms with E-state index in [1.807, 2.05) is 0 Å². The number of rotatable bonds is 8. The maximum absolute atomic E-state index is 12.2. The normalized spacial score (nSPS) is 14.7. The van der Waals surface area contributed by atoms with Crippen LogP contribution in [0.2, 0.25) is 0 Å². The molecule has 3 rings (SSSR count). The van der Waals surface area contributed by atoms with Crippen LogP contribution in [0, 0.1) is 5.92 Å². The topological polar surface area (TPSA) is 66.5 Å². The zero-order chi connectivity index (χ0) is 19.8. The Bertz CT molecular complexity index is 755. The number of methoxy groups -OCH3 is 1. The Morgan fingerprint density at radius 3 is 2.68 bits per heavy atom. The van der Waals surface area contributed by atoms with Gasteiger partial charge in [0.1, 0.15) is 5.82 Å². The molecule has 6 nitrogen and oxygen atoms in total. The van der Waals surface area contributed by atoms with Crippen molar-refractivity contribution < 1.29 is 9.53 Å². The number of carbonyl (C=O) groups is 1. The zero-order valence-electron chi connectivity index (χ0n) is 16.8. The Morgan fingerprint density at radius 1 is 1.21 bits per heavy atom. The molecule has 6 heteroatoms. The van der Waals surface area contributed by atoms with E-state index in [0.717, 1.165) is 31.1 Å². The lowest BCUT2D eigenvalue weighted by molar-refractivity contribution is 0.0948. The molecule has 1 fully saturated rings. The van der Waals surface area contributed by atoms with Gasteiger partial charge in [0.25, 0.3) is 5.91 Å². The van der Waals surface area contributed by atoms with Crippen LogP contribution in [0.3, 0.4) is 0 Å². The maximum atomic E-state index is 12.2. The quantitative estimate of drug-likeness (QED) is 0.679. The number of nitrogens with zero attached hydrogens (tertiary/aromatic N) is 2. The molecule has 1 aromatic heterocycles. The minimum atomic E-state index is -0.101. The van der Waals surface area contributed by atoms with E-state index >= 15 is 0 Å². The smallest absolute Gasteiger partial charge is 0.251 e. The second-order valence-electron chi connectivity index (χ2n) is 7.37. The van der Waals surface area contributed by atoms with Crippen molar-refractivity contribution in [3.63, 3.8) is 0 Å². The van der Waals surface area contributed by atoms with Gasteiger partial charge in [-0.15, -0.1) is 0 Å². The lowest BCUT2D eigenvalue weighted by Crippen LogP contribution is -2.32. The SMILES string of the molecule is COCCCNC(=O)c1ccnc(Nc2ccc(N3CCC(C)CC3)cc2)c1. The zero-order valence-corrected chi connectivity index (χ0v) is 16.8. The van der Waals surface area contributed by atoms with Crippen molar-refractivity contribution in [3.8, 4) is 0 Å². The van der Waals surface area contributed by atoms with Crippen molar-refractivity contribution in [2.75, 3.05) is 43.6 Å². The molecule has 2 heterocycles. The van der Waals surface area contributed by atoms with E-state index in [1.54, 1.807) is 25.4 Å². The van der Waals surface area contributed by atoms with Crippen molar-refractivity contribution in [2.24, 2.45) is 5.92 Å². The minimum absolute atomic E-state index is 0.101. The number of benzene rings is 1. The summed E-state index contributed by atoms with van der Waals surface area (Å²) in [7, 11) is 1.65. The highest BCUT2D eigenvalue weighted by Crippen LogP contribution is 2.25. The van der Waals surface area contributed by atoms with Crippen LogP contribution in [0.5, 0.6) is 0 Å². The second-order valence-corrected chi connectivity index (χ2v) is 7.37. The number of carbonyl (C=O) groups excluding carboxylic acids is 1. The van der Waals surface area contributed by atoms with Crippen LogP contribution in [0.1, 0.15) is 36.5 Å². The highest BCUT2D eigenvalue weighted by Gasteiger charge is 2.15. The number of aromatic nitrogens is 1. The first-order valence-electron chi connectivity index (χ1n) is 10.0. The number of hydrogen-bond donors (Lipinski definition) is 2. The van der Waals surface area contributed by atoms with Crippen LogP contribution >= 0.6 is 0 Å². The molecule has 150 valence electrons. The van der Waals surface area contributed by atoms with Gasteiger partial charge in [0, 0.05) is 56.5 Å². The Hall–Kier alpha value is -2.60. The summed E-state index contributed by atoms with van der Waals surface area (Å²) in [5.41, 5.74) is 2.81. The molecule has 0 radical (unpaired) electrons. The minimum Gasteiger partial charge on any atom is -0.385 e. The van der Waals surface area contributed by atoms with Gasteiger partial charge < -0.3 is 20.3 Å². The van der Waals surface area contributed by atoms with Gasteiger partial charge in [0.2, 0.25) is 0 Å². The molecule has 1 amide bonds. The number of anilines is 3. The van der Waals surface area contributed by atoms with Crippen LogP contribution in [-0.2, 0) is 4.74 Å². The molecule has 0 unspecified atom stereocenters. The van der Waals surface area contributed by atoms with Crippen molar-refractivity contribution in [1.82, 2.24) is 10.3 Å². The molecular formula is C22H30N4O2. The Labute approximate surface area is 167 Å². The summed E-state index contributed by atoms with van der Waals surface area (Å²) in [6.07, 6.45) is 4.95. The molecule has 1 aliphatic rings. The molecule has 0 aliphatic carbocycles. The van der Waals surface area contributed by atoms with E-state index < -0.39 is 0 Å². The van der Waals surface area contributed by atoms with Crippen LogP contribution in [0.25, 0.3) is 0 Å². The van der Waals surface area contributed by atoms with Crippen molar-refractivity contribution in [3.05, 3.63) is 48.2 Å². The number of piperidine rings is 1. The summed E-state index contributed by atoms with van der Waals surface area (Å²) >= 11 is 0. The van der Waals surface area contributed by atoms with Crippen molar-refractivity contribution >= 4 is 23.1 Å². The van der Waals surface area contributed by atoms with E-state index in [0.29, 0.717) is 24.5 Å². The summed E-state index contributed by atoms with van der Waals surface area (Å²) in [6.45, 7) is 5.80. The number of pyridine rings is 1. The average molecular weight is 383 g/mol. The molecule has 1 aliphatic heterocycles. The van der Waals surface area contributed by atoms with E-state index in [-0.39, 0.29) is 5.91 Å². The molecule has 2 N–H and O–H groups in total. The number of amides is 1. The molecular weight excluding hydrogens is 352 g/mol. The molecule has 2 aromatic rings. The third-order valence-corrected chi connectivity index (χ3v) is 5.12. The van der Waals surface area contributed by atoms with Gasteiger partial charge in [0.15, 0.2) is 0 Å². The summed E-state index contributed by atoms with van der Waals surface area (Å²) in [6, 6.07) is 11.9. The van der Waals surface area contributed by atoms with Gasteiger partial charge in [-0.2, -0.15) is 0 Å². The summed E-state index contributed by atoms with van der Waals surface area (Å²) in [5.74, 6) is 1.38. The third-order valence-electron chi connectivity index (χ3n) is 5.12. The number of nitrogens with one attached hydrogen (secondary N) is 2. The van der Waals surface area contributed by atoms with Gasteiger partial charge in [-0.3, -0.25) is 4.79 Å². The Balaban J connectivity index is 1.57. The highest BCUT2D eigenvalue weighted by atomic mass is 16.5. The standard InChI is InChI=1S/C22H30N4O2/c1-17-9-13-26(14-10-17)20-6-4-19(5-7-20)25-21-16-18(8-12-23-21)22(27)24-11-3-15-28-2/h4-8,12,16-17H,3,9-11,13-15H2,1-2H3,(H,23,25)(H,24,27). The molecule has 1 aromatic carbocycles. The van der Waals surface area contributed by atoms with Crippen LogP contribution in [0.4, 0.5) is 17.2 Å². The van der Waals surface area contributed by atoms with E-state index in [9.17, 15) is 4.79 Å². The molecule has 0 atom stereocenters. The molecule has 0 bridgehead atoms. The number of ether oxygens (including phenoxy) is 1. The van der Waals surface area contributed by atoms with Gasteiger partial charge in [-0.25, -0.2) is 4.98 Å². The molecule has 0 spiro atoms. The molecule has 28 heavy (non-hydrogen) atoms. The summed E-state index contributed by atoms with van der Waals surface area (Å²) in [4.78, 5) is 19.0. The maximum Gasteiger partial charge on any atom is 0.251 e. The summed E-state index contributed by atoms with van der Waals surface area (Å²) < 4.78 is 4.99. The van der Waals surface area contributed by atoms with Crippen LogP contribution in [-0.4, -0.2) is 44.2 Å².